The second-order valence-corrected chi connectivity index (χ2v) is 7.52. The van der Waals surface area contributed by atoms with Crippen LogP contribution in [0.4, 0.5) is 0 Å². The monoisotopic (exact) mass is 313 g/mol. The molecular formula is C13H23N5O2S. The summed E-state index contributed by atoms with van der Waals surface area (Å²) in [5.41, 5.74) is 0.686. The van der Waals surface area contributed by atoms with Gasteiger partial charge in [0.1, 0.15) is 0 Å². The van der Waals surface area contributed by atoms with Crippen molar-refractivity contribution in [2.45, 2.75) is 37.4 Å². The summed E-state index contributed by atoms with van der Waals surface area (Å²) in [4.78, 5) is 2.33. The predicted molar refractivity (Wildman–Crippen MR) is 79.2 cm³/mol. The Balaban J connectivity index is 1.73. The van der Waals surface area contributed by atoms with Crippen molar-refractivity contribution in [3.8, 4) is 0 Å². The van der Waals surface area contributed by atoms with Crippen LogP contribution in [-0.2, 0) is 16.6 Å². The van der Waals surface area contributed by atoms with E-state index in [1.807, 2.05) is 6.92 Å². The summed E-state index contributed by atoms with van der Waals surface area (Å²) in [5, 5.41) is 9.85. The first-order valence-electron chi connectivity index (χ1n) is 7.58. The van der Waals surface area contributed by atoms with Gasteiger partial charge in [-0.25, -0.2) is 13.1 Å². The van der Waals surface area contributed by atoms with Crippen LogP contribution in [0.5, 0.6) is 0 Å². The molecule has 0 saturated carbocycles. The van der Waals surface area contributed by atoms with Gasteiger partial charge in [-0.2, -0.15) is 5.10 Å². The number of hydrogen-bond donors (Lipinski definition) is 3. The Morgan fingerprint density at radius 2 is 2.19 bits per heavy atom. The van der Waals surface area contributed by atoms with E-state index in [4.69, 9.17) is 0 Å². The quantitative estimate of drug-likeness (QED) is 0.682. The molecule has 3 fully saturated rings. The fourth-order valence-corrected chi connectivity index (χ4v) is 4.70. The van der Waals surface area contributed by atoms with E-state index in [9.17, 15) is 8.42 Å². The van der Waals surface area contributed by atoms with E-state index in [0.717, 1.165) is 39.0 Å². The SMILES string of the molecule is CCNCc1cn[nH]c1S(=O)(=O)NC1CN2CCC1CC2. The maximum Gasteiger partial charge on any atom is 0.258 e. The molecule has 0 aliphatic carbocycles. The number of aromatic amines is 1. The first-order valence-corrected chi connectivity index (χ1v) is 9.06. The Hall–Kier alpha value is -0.960. The molecule has 21 heavy (non-hydrogen) atoms. The summed E-state index contributed by atoms with van der Waals surface area (Å²) < 4.78 is 28.1. The molecule has 1 aromatic heterocycles. The fraction of sp³-hybridized carbons (Fsp3) is 0.769. The Morgan fingerprint density at radius 1 is 1.43 bits per heavy atom. The van der Waals surface area contributed by atoms with Crippen molar-refractivity contribution in [2.75, 3.05) is 26.2 Å². The van der Waals surface area contributed by atoms with Crippen LogP contribution in [0.25, 0.3) is 0 Å². The Kier molecular flexibility index (Phi) is 4.30. The average molecular weight is 313 g/mol. The number of sulfonamides is 1. The number of aromatic nitrogens is 2. The molecule has 4 rings (SSSR count). The fourth-order valence-electron chi connectivity index (χ4n) is 3.27. The van der Waals surface area contributed by atoms with Gasteiger partial charge in [0, 0.05) is 24.7 Å². The summed E-state index contributed by atoms with van der Waals surface area (Å²) in [6.07, 6.45) is 3.74. The highest BCUT2D eigenvalue weighted by atomic mass is 32.2. The summed E-state index contributed by atoms with van der Waals surface area (Å²) in [6, 6.07) is 0.0211. The van der Waals surface area contributed by atoms with Crippen LogP contribution >= 0.6 is 0 Å². The zero-order chi connectivity index (χ0) is 14.9. The Labute approximate surface area is 125 Å². The van der Waals surface area contributed by atoms with Gasteiger partial charge in [0.2, 0.25) is 0 Å². The zero-order valence-electron chi connectivity index (χ0n) is 12.3. The lowest BCUT2D eigenvalue weighted by molar-refractivity contribution is 0.0826. The lowest BCUT2D eigenvalue weighted by Gasteiger charge is -2.44. The molecule has 0 amide bonds. The smallest absolute Gasteiger partial charge is 0.258 e. The molecule has 3 aliphatic rings. The minimum absolute atomic E-state index is 0.0211. The number of rotatable bonds is 6. The maximum absolute atomic E-state index is 12.6. The highest BCUT2D eigenvalue weighted by Crippen LogP contribution is 2.28. The summed E-state index contributed by atoms with van der Waals surface area (Å²) in [7, 11) is -3.53. The third kappa shape index (κ3) is 3.13. The molecular weight excluding hydrogens is 290 g/mol. The normalized spacial score (nSPS) is 28.9. The lowest BCUT2D eigenvalue weighted by atomic mass is 9.85. The van der Waals surface area contributed by atoms with Crippen molar-refractivity contribution in [2.24, 2.45) is 5.92 Å². The lowest BCUT2D eigenvalue weighted by Crippen LogP contribution is -2.57. The van der Waals surface area contributed by atoms with Gasteiger partial charge < -0.3 is 10.2 Å². The van der Waals surface area contributed by atoms with Gasteiger partial charge in [0.15, 0.2) is 5.03 Å². The molecule has 1 atom stereocenters. The zero-order valence-corrected chi connectivity index (χ0v) is 13.1. The average Bonchev–Trinajstić information content (AvgIpc) is 2.95. The van der Waals surface area contributed by atoms with E-state index in [1.54, 1.807) is 6.20 Å². The van der Waals surface area contributed by atoms with Crippen molar-refractivity contribution in [1.82, 2.24) is 25.1 Å². The molecule has 118 valence electrons. The number of hydrogen-bond acceptors (Lipinski definition) is 5. The van der Waals surface area contributed by atoms with Crippen LogP contribution in [0.3, 0.4) is 0 Å². The van der Waals surface area contributed by atoms with Crippen LogP contribution in [-0.4, -0.2) is 55.7 Å². The van der Waals surface area contributed by atoms with Gasteiger partial charge in [0.05, 0.1) is 6.20 Å². The van der Waals surface area contributed by atoms with Crippen LogP contribution in [0, 0.1) is 5.92 Å². The molecule has 3 aliphatic heterocycles. The topological polar surface area (TPSA) is 90.1 Å². The van der Waals surface area contributed by atoms with Crippen LogP contribution in [0.2, 0.25) is 0 Å². The van der Waals surface area contributed by atoms with Gasteiger partial charge >= 0.3 is 0 Å². The van der Waals surface area contributed by atoms with Crippen LogP contribution in [0.1, 0.15) is 25.3 Å². The van der Waals surface area contributed by atoms with E-state index in [-0.39, 0.29) is 11.1 Å². The van der Waals surface area contributed by atoms with Gasteiger partial charge in [-0.3, -0.25) is 5.10 Å². The van der Waals surface area contributed by atoms with E-state index >= 15 is 0 Å². The summed E-state index contributed by atoms with van der Waals surface area (Å²) in [6.45, 7) is 6.29. The van der Waals surface area contributed by atoms with E-state index in [2.05, 4.69) is 25.1 Å². The number of fused-ring (bicyclic) bond motifs is 3. The van der Waals surface area contributed by atoms with Crippen molar-refractivity contribution < 1.29 is 8.42 Å². The molecule has 8 heteroatoms. The van der Waals surface area contributed by atoms with Gasteiger partial charge in [-0.15, -0.1) is 0 Å². The highest BCUT2D eigenvalue weighted by molar-refractivity contribution is 7.89. The van der Waals surface area contributed by atoms with E-state index in [1.165, 1.54) is 0 Å². The third-order valence-electron chi connectivity index (χ3n) is 4.48. The second kappa shape index (κ2) is 6.04. The summed E-state index contributed by atoms with van der Waals surface area (Å²) in [5.74, 6) is 0.463. The Bertz CT molecular complexity index is 577. The van der Waals surface area contributed by atoms with E-state index in [0.29, 0.717) is 18.0 Å². The largest absolute Gasteiger partial charge is 0.313 e. The minimum Gasteiger partial charge on any atom is -0.313 e. The molecule has 0 aromatic carbocycles. The minimum atomic E-state index is -3.53. The highest BCUT2D eigenvalue weighted by Gasteiger charge is 2.37. The van der Waals surface area contributed by atoms with Crippen molar-refractivity contribution in [1.29, 1.82) is 0 Å². The molecule has 1 unspecified atom stereocenters. The molecule has 0 spiro atoms. The first kappa shape index (κ1) is 15.0. The molecule has 3 saturated heterocycles. The van der Waals surface area contributed by atoms with Crippen LogP contribution < -0.4 is 10.0 Å². The molecule has 7 nitrogen and oxygen atoms in total. The molecule has 1 aromatic rings. The predicted octanol–water partition coefficient (Wildman–Crippen LogP) is -0.108. The summed E-state index contributed by atoms with van der Waals surface area (Å²) >= 11 is 0. The van der Waals surface area contributed by atoms with Crippen LogP contribution in [0.15, 0.2) is 11.2 Å². The van der Waals surface area contributed by atoms with Gasteiger partial charge in [-0.05, 0) is 38.4 Å². The maximum atomic E-state index is 12.6. The number of piperidine rings is 3. The number of nitrogens with one attached hydrogen (secondary N) is 3. The molecule has 0 radical (unpaired) electrons. The Morgan fingerprint density at radius 3 is 2.81 bits per heavy atom. The van der Waals surface area contributed by atoms with E-state index < -0.39 is 10.0 Å². The number of nitrogens with zero attached hydrogens (tertiary/aromatic N) is 2. The van der Waals surface area contributed by atoms with Crippen molar-refractivity contribution in [3.05, 3.63) is 11.8 Å². The third-order valence-corrected chi connectivity index (χ3v) is 5.98. The molecule has 3 N–H and O–H groups in total. The standard InChI is InChI=1S/C13H23N5O2S/c1-2-14-7-11-8-15-16-13(11)21(19,20)17-12-9-18-5-3-10(12)4-6-18/h8,10,12,14,17H,2-7,9H2,1H3,(H,15,16). The first-order chi connectivity index (χ1) is 10.1. The molecule has 4 heterocycles. The van der Waals surface area contributed by atoms with Gasteiger partial charge in [-0.1, -0.05) is 6.92 Å². The second-order valence-electron chi connectivity index (χ2n) is 5.87. The van der Waals surface area contributed by atoms with Crippen molar-refractivity contribution in [3.63, 3.8) is 0 Å². The van der Waals surface area contributed by atoms with Crippen molar-refractivity contribution >= 4 is 10.0 Å². The molecule has 2 bridgehead atoms. The number of H-pyrrole nitrogens is 1. The van der Waals surface area contributed by atoms with Gasteiger partial charge in [0.25, 0.3) is 10.0 Å².